The number of nitrogens with zero attached hydrogens (tertiary/aromatic N) is 7. The molecule has 0 aliphatic carbocycles. The van der Waals surface area contributed by atoms with Crippen LogP contribution in [-0.2, 0) is 22.7 Å². The van der Waals surface area contributed by atoms with Crippen LogP contribution in [-0.4, -0.2) is 75.4 Å². The normalized spacial score (nSPS) is 13.9. The van der Waals surface area contributed by atoms with Gasteiger partial charge in [0.15, 0.2) is 5.82 Å². The molecule has 4 heterocycles. The lowest BCUT2D eigenvalue weighted by molar-refractivity contribution is 0.0785. The fourth-order valence-electron chi connectivity index (χ4n) is 4.91. The van der Waals surface area contributed by atoms with E-state index in [0.717, 1.165) is 48.1 Å². The molecule has 1 aliphatic rings. The summed E-state index contributed by atoms with van der Waals surface area (Å²) in [5.41, 5.74) is 4.94. The molecule has 1 N–H and O–H groups in total. The molecule has 0 saturated carbocycles. The number of aryl methyl sites for hydroxylation is 1. The number of anilines is 1. The van der Waals surface area contributed by atoms with Crippen LogP contribution < -0.4 is 5.32 Å². The predicted octanol–water partition coefficient (Wildman–Crippen LogP) is 6.24. The largest absolute Gasteiger partial charge is 0.453 e. The molecule has 13 heteroatoms. The summed E-state index contributed by atoms with van der Waals surface area (Å²) in [5.74, 6) is 0.852. The van der Waals surface area contributed by atoms with Gasteiger partial charge >= 0.3 is 6.09 Å². The molecule has 3 aromatic heterocycles. The lowest BCUT2D eigenvalue weighted by Crippen LogP contribution is -2.22. The number of carbonyl (C=O) groups excluding carboxylic acids is 1. The molecular formula is C30H39ClN8O3Si. The number of pyridine rings is 1. The van der Waals surface area contributed by atoms with E-state index in [-0.39, 0.29) is 0 Å². The van der Waals surface area contributed by atoms with Crippen LogP contribution in [0.25, 0.3) is 28.3 Å². The van der Waals surface area contributed by atoms with Crippen molar-refractivity contribution < 1.29 is 14.3 Å². The average molecular weight is 623 g/mol. The van der Waals surface area contributed by atoms with E-state index in [2.05, 4.69) is 52.0 Å². The van der Waals surface area contributed by atoms with E-state index in [9.17, 15) is 4.79 Å². The van der Waals surface area contributed by atoms with Gasteiger partial charge in [-0.05, 0) is 62.2 Å². The summed E-state index contributed by atoms with van der Waals surface area (Å²) in [4.78, 5) is 23.2. The van der Waals surface area contributed by atoms with Crippen molar-refractivity contribution in [1.29, 1.82) is 0 Å². The molecule has 0 spiro atoms. The summed E-state index contributed by atoms with van der Waals surface area (Å²) in [6.07, 6.45) is 7.08. The Kier molecular flexibility index (Phi) is 9.60. The minimum Gasteiger partial charge on any atom is -0.453 e. The van der Waals surface area contributed by atoms with Gasteiger partial charge in [0.1, 0.15) is 24.6 Å². The number of likely N-dealkylation sites (tertiary alicyclic amines) is 1. The summed E-state index contributed by atoms with van der Waals surface area (Å²) in [6, 6.07) is 8.94. The topological polar surface area (TPSA) is 112 Å². The van der Waals surface area contributed by atoms with Crippen molar-refractivity contribution >= 4 is 31.6 Å². The molecular weight excluding hydrogens is 584 g/mol. The van der Waals surface area contributed by atoms with Gasteiger partial charge in [0, 0.05) is 45.2 Å². The molecule has 4 aromatic rings. The van der Waals surface area contributed by atoms with E-state index in [0.29, 0.717) is 35.7 Å². The van der Waals surface area contributed by atoms with Crippen LogP contribution in [0.3, 0.4) is 0 Å². The van der Waals surface area contributed by atoms with Crippen molar-refractivity contribution in [2.75, 3.05) is 32.1 Å². The molecule has 1 aromatic carbocycles. The predicted molar refractivity (Wildman–Crippen MR) is 170 cm³/mol. The maximum Gasteiger partial charge on any atom is 0.412 e. The van der Waals surface area contributed by atoms with E-state index in [1.165, 1.54) is 25.5 Å². The Labute approximate surface area is 258 Å². The zero-order valence-electron chi connectivity index (χ0n) is 25.4. The van der Waals surface area contributed by atoms with Gasteiger partial charge in [-0.2, -0.15) is 5.10 Å². The molecule has 1 saturated heterocycles. The van der Waals surface area contributed by atoms with Gasteiger partial charge in [0.2, 0.25) is 0 Å². The first-order valence-corrected chi connectivity index (χ1v) is 18.6. The average Bonchev–Trinajstić information content (AvgIpc) is 3.74. The fraction of sp³-hybridized carbons (Fsp3) is 0.433. The summed E-state index contributed by atoms with van der Waals surface area (Å²) >= 11 is 6.82. The smallest absolute Gasteiger partial charge is 0.412 e. The summed E-state index contributed by atoms with van der Waals surface area (Å²) in [6.45, 7) is 13.0. The molecule has 0 atom stereocenters. The highest BCUT2D eigenvalue weighted by Gasteiger charge is 2.22. The van der Waals surface area contributed by atoms with Gasteiger partial charge in [0.25, 0.3) is 0 Å². The van der Waals surface area contributed by atoms with Crippen LogP contribution in [0.4, 0.5) is 10.6 Å². The Morgan fingerprint density at radius 1 is 1.09 bits per heavy atom. The van der Waals surface area contributed by atoms with Crippen molar-refractivity contribution in [3.05, 3.63) is 59.1 Å². The van der Waals surface area contributed by atoms with E-state index in [4.69, 9.17) is 31.3 Å². The number of nitrogens with one attached hydrogen (secondary N) is 1. The number of hydrogen-bond acceptors (Lipinski definition) is 8. The lowest BCUT2D eigenvalue weighted by Gasteiger charge is -2.15. The highest BCUT2D eigenvalue weighted by Crippen LogP contribution is 2.36. The zero-order chi connectivity index (χ0) is 30.6. The molecule has 43 heavy (non-hydrogen) atoms. The highest BCUT2D eigenvalue weighted by molar-refractivity contribution is 6.76. The van der Waals surface area contributed by atoms with Crippen LogP contribution in [0.2, 0.25) is 30.7 Å². The Morgan fingerprint density at radius 2 is 1.88 bits per heavy atom. The molecule has 1 fully saturated rings. The second-order valence-corrected chi connectivity index (χ2v) is 18.1. The standard InChI is InChI=1S/C30H39ClN8O3Si/c1-21-16-32-27(34-30(40)41-2)15-26(21)39-18-24(29-33-19-38(36-29)20-42-12-13-43(3,4)5)28(35-39)23-14-22(8-9-25(23)31)17-37-10-6-7-11-37/h8-9,14-16,18-19H,6-7,10-13,17,20H2,1-5H3,(H,32,34,40). The number of rotatable bonds is 11. The van der Waals surface area contributed by atoms with E-state index < -0.39 is 14.2 Å². The van der Waals surface area contributed by atoms with Crippen LogP contribution in [0, 0.1) is 6.92 Å². The minimum absolute atomic E-state index is 0.318. The van der Waals surface area contributed by atoms with Crippen LogP contribution in [0.5, 0.6) is 0 Å². The Hall–Kier alpha value is -3.58. The SMILES string of the molecule is COC(=O)Nc1cc(-n2cc(-c3ncn(COCC[Si](C)(C)C)n3)c(-c3cc(CN4CCCC4)ccc3Cl)n2)c(C)cn1. The number of amides is 1. The zero-order valence-corrected chi connectivity index (χ0v) is 27.2. The number of halogens is 1. The Morgan fingerprint density at radius 3 is 2.63 bits per heavy atom. The minimum atomic E-state index is -1.19. The van der Waals surface area contributed by atoms with Crippen molar-refractivity contribution in [3.63, 3.8) is 0 Å². The third-order valence-corrected chi connectivity index (χ3v) is 9.37. The van der Waals surface area contributed by atoms with Gasteiger partial charge in [-0.3, -0.25) is 10.2 Å². The number of ether oxygens (including phenoxy) is 2. The van der Waals surface area contributed by atoms with E-state index >= 15 is 0 Å². The van der Waals surface area contributed by atoms with E-state index in [1.807, 2.05) is 19.2 Å². The number of methoxy groups -OCH3 is 1. The van der Waals surface area contributed by atoms with Crippen LogP contribution >= 0.6 is 11.6 Å². The van der Waals surface area contributed by atoms with Gasteiger partial charge in [-0.25, -0.2) is 24.1 Å². The molecule has 0 bridgehead atoms. The molecule has 11 nitrogen and oxygen atoms in total. The molecule has 0 unspecified atom stereocenters. The Balaban J connectivity index is 1.52. The monoisotopic (exact) mass is 622 g/mol. The van der Waals surface area contributed by atoms with Gasteiger partial charge in [0.05, 0.1) is 23.4 Å². The van der Waals surface area contributed by atoms with Gasteiger partial charge in [-0.15, -0.1) is 5.10 Å². The molecule has 5 rings (SSSR count). The first-order valence-electron chi connectivity index (χ1n) is 14.5. The van der Waals surface area contributed by atoms with Crippen LogP contribution in [0.1, 0.15) is 24.0 Å². The fourth-order valence-corrected chi connectivity index (χ4v) is 5.88. The van der Waals surface area contributed by atoms with Crippen molar-refractivity contribution in [3.8, 4) is 28.3 Å². The third kappa shape index (κ3) is 7.88. The summed E-state index contributed by atoms with van der Waals surface area (Å²) < 4.78 is 14.1. The van der Waals surface area contributed by atoms with E-state index in [1.54, 1.807) is 28.0 Å². The maximum absolute atomic E-state index is 11.8. The quantitative estimate of drug-likeness (QED) is 0.154. The summed E-state index contributed by atoms with van der Waals surface area (Å²) in [7, 11) is 0.116. The van der Waals surface area contributed by atoms with Crippen molar-refractivity contribution in [2.45, 2.75) is 58.7 Å². The number of carbonyl (C=O) groups is 1. The Bertz CT molecular complexity index is 1580. The summed E-state index contributed by atoms with van der Waals surface area (Å²) in [5, 5.41) is 13.0. The highest BCUT2D eigenvalue weighted by atomic mass is 35.5. The van der Waals surface area contributed by atoms with Crippen LogP contribution in [0.15, 0.2) is 43.0 Å². The third-order valence-electron chi connectivity index (χ3n) is 7.34. The molecule has 1 aliphatic heterocycles. The second kappa shape index (κ2) is 13.4. The second-order valence-electron chi connectivity index (χ2n) is 12.1. The first-order chi connectivity index (χ1) is 20.6. The maximum atomic E-state index is 11.8. The number of benzene rings is 1. The molecule has 228 valence electrons. The molecule has 1 amide bonds. The van der Waals surface area contributed by atoms with Crippen molar-refractivity contribution in [2.24, 2.45) is 0 Å². The van der Waals surface area contributed by atoms with Gasteiger partial charge in [-0.1, -0.05) is 37.3 Å². The lowest BCUT2D eigenvalue weighted by atomic mass is 10.0. The number of hydrogen-bond donors (Lipinski definition) is 1. The first kappa shape index (κ1) is 30.9. The molecule has 0 radical (unpaired) electrons. The van der Waals surface area contributed by atoms with Crippen molar-refractivity contribution in [1.82, 2.24) is 34.4 Å². The number of aromatic nitrogens is 6. The van der Waals surface area contributed by atoms with Gasteiger partial charge < -0.3 is 9.47 Å².